The molecule has 2 aromatic carbocycles. The molecule has 7 nitrogen and oxygen atoms in total. The van der Waals surface area contributed by atoms with Crippen LogP contribution in [0, 0.1) is 11.8 Å². The first-order valence-corrected chi connectivity index (χ1v) is 14.2. The Kier molecular flexibility index (Phi) is 6.32. The standard InChI is InChI=1S/C31H37N7/c1-18-11-26(32-14-18)30-34-16-28(37-30)21-5-3-20(4-6-21)22-7-9-24-23(13-22)8-10-25(36-24)29-17-35-31(38-29)27-12-19(2)15-33-27/h3-10,13,18-19,26-27,30-35H,11-12,14-17H2,1-2H3. The van der Waals surface area contributed by atoms with Crippen molar-refractivity contribution in [2.24, 2.45) is 21.8 Å². The number of nitrogens with zero attached hydrogens (tertiary/aromatic N) is 3. The van der Waals surface area contributed by atoms with Gasteiger partial charge in [-0.2, -0.15) is 0 Å². The molecule has 6 unspecified atom stereocenters. The van der Waals surface area contributed by atoms with Gasteiger partial charge in [0.1, 0.15) is 12.3 Å². The lowest BCUT2D eigenvalue weighted by atomic mass is 10.0. The summed E-state index contributed by atoms with van der Waals surface area (Å²) in [6.45, 7) is 8.38. The monoisotopic (exact) mass is 507 g/mol. The summed E-state index contributed by atoms with van der Waals surface area (Å²) in [5.41, 5.74) is 7.81. The minimum atomic E-state index is 0.151. The van der Waals surface area contributed by atoms with Gasteiger partial charge in [-0.1, -0.05) is 50.2 Å². The van der Waals surface area contributed by atoms with Crippen LogP contribution >= 0.6 is 0 Å². The van der Waals surface area contributed by atoms with E-state index in [1.54, 1.807) is 0 Å². The summed E-state index contributed by atoms with van der Waals surface area (Å²) in [4.78, 5) is 14.9. The van der Waals surface area contributed by atoms with Crippen molar-refractivity contribution in [2.45, 2.75) is 51.1 Å². The predicted molar refractivity (Wildman–Crippen MR) is 155 cm³/mol. The highest BCUT2D eigenvalue weighted by atomic mass is 15.2. The number of aromatic nitrogens is 1. The van der Waals surface area contributed by atoms with E-state index < -0.39 is 0 Å². The molecular weight excluding hydrogens is 470 g/mol. The highest BCUT2D eigenvalue weighted by Gasteiger charge is 2.32. The Labute approximate surface area is 224 Å². The summed E-state index contributed by atoms with van der Waals surface area (Å²) in [5, 5.41) is 15.5. The molecular formula is C31H37N7. The van der Waals surface area contributed by atoms with Crippen LogP contribution in [0.4, 0.5) is 0 Å². The number of hydrogen-bond donors (Lipinski definition) is 4. The molecule has 4 aliphatic rings. The highest BCUT2D eigenvalue weighted by molar-refractivity contribution is 6.04. The molecule has 0 spiro atoms. The SMILES string of the molecule is CC1CNC(C2N=C(c3ccc(-c4ccc5nc(C6=NC(C7CC(C)CN7)NC6)ccc5c4)cc3)CN2)C1. The maximum atomic E-state index is 5.01. The Bertz CT molecular complexity index is 1400. The molecule has 0 saturated carbocycles. The first kappa shape index (κ1) is 24.1. The van der Waals surface area contributed by atoms with Crippen molar-refractivity contribution in [2.75, 3.05) is 26.2 Å². The molecule has 3 aromatic rings. The average Bonchev–Trinajstić information content (AvgIpc) is 3.75. The fourth-order valence-corrected chi connectivity index (χ4v) is 6.43. The number of benzene rings is 2. The Balaban J connectivity index is 1.06. The summed E-state index contributed by atoms with van der Waals surface area (Å²) < 4.78 is 0. The number of nitrogens with one attached hydrogen (secondary N) is 4. The van der Waals surface area contributed by atoms with E-state index >= 15 is 0 Å². The van der Waals surface area contributed by atoms with Gasteiger partial charge in [0.25, 0.3) is 0 Å². The van der Waals surface area contributed by atoms with Gasteiger partial charge in [-0.25, -0.2) is 4.98 Å². The van der Waals surface area contributed by atoms with Crippen molar-refractivity contribution in [1.82, 2.24) is 26.3 Å². The average molecular weight is 508 g/mol. The summed E-state index contributed by atoms with van der Waals surface area (Å²) in [6.07, 6.45) is 2.70. The van der Waals surface area contributed by atoms with Crippen molar-refractivity contribution in [3.63, 3.8) is 0 Å². The van der Waals surface area contributed by atoms with Crippen LogP contribution < -0.4 is 21.3 Å². The van der Waals surface area contributed by atoms with Crippen molar-refractivity contribution in [3.05, 3.63) is 65.9 Å². The number of fused-ring (bicyclic) bond motifs is 1. The molecule has 0 aliphatic carbocycles. The highest BCUT2D eigenvalue weighted by Crippen LogP contribution is 2.26. The van der Waals surface area contributed by atoms with Crippen LogP contribution in [0.1, 0.15) is 37.9 Å². The third-order valence-electron chi connectivity index (χ3n) is 8.62. The molecule has 5 heterocycles. The van der Waals surface area contributed by atoms with Crippen molar-refractivity contribution >= 4 is 22.3 Å². The fraction of sp³-hybridized carbons (Fsp3) is 0.452. The summed E-state index contributed by atoms with van der Waals surface area (Å²) in [5.74, 6) is 1.45. The molecule has 0 amide bonds. The largest absolute Gasteiger partial charge is 0.310 e. The second-order valence-corrected chi connectivity index (χ2v) is 11.7. The van der Waals surface area contributed by atoms with Crippen LogP contribution in [0.3, 0.4) is 0 Å². The van der Waals surface area contributed by atoms with Crippen molar-refractivity contribution in [3.8, 4) is 11.1 Å². The summed E-state index contributed by atoms with van der Waals surface area (Å²) >= 11 is 0. The number of rotatable bonds is 5. The zero-order valence-electron chi connectivity index (χ0n) is 22.2. The lowest BCUT2D eigenvalue weighted by Gasteiger charge is -2.15. The molecule has 6 atom stereocenters. The molecule has 0 radical (unpaired) electrons. The maximum Gasteiger partial charge on any atom is 0.116 e. The van der Waals surface area contributed by atoms with E-state index in [1.807, 2.05) is 0 Å². The van der Waals surface area contributed by atoms with E-state index in [0.29, 0.717) is 18.0 Å². The van der Waals surface area contributed by atoms with E-state index in [1.165, 1.54) is 29.5 Å². The lowest BCUT2D eigenvalue weighted by molar-refractivity contribution is 0.442. The van der Waals surface area contributed by atoms with Gasteiger partial charge in [0.2, 0.25) is 0 Å². The number of pyridine rings is 1. The molecule has 0 bridgehead atoms. The lowest BCUT2D eigenvalue weighted by Crippen LogP contribution is -2.40. The maximum absolute atomic E-state index is 5.01. The van der Waals surface area contributed by atoms with Crippen LogP contribution in [0.15, 0.2) is 64.6 Å². The van der Waals surface area contributed by atoms with Gasteiger partial charge in [-0.3, -0.25) is 20.6 Å². The molecule has 4 aliphatic heterocycles. The molecule has 7 rings (SSSR count). The summed E-state index contributed by atoms with van der Waals surface area (Å²) in [6, 6.07) is 20.5. The molecule has 2 saturated heterocycles. The normalized spacial score (nSPS) is 31.2. The Hall–Kier alpha value is -2.97. The minimum absolute atomic E-state index is 0.151. The van der Waals surface area contributed by atoms with Gasteiger partial charge in [0.15, 0.2) is 0 Å². The first-order valence-electron chi connectivity index (χ1n) is 14.2. The zero-order valence-corrected chi connectivity index (χ0v) is 22.2. The molecule has 4 N–H and O–H groups in total. The first-order chi connectivity index (χ1) is 18.6. The molecule has 1 aromatic heterocycles. The smallest absolute Gasteiger partial charge is 0.116 e. The summed E-state index contributed by atoms with van der Waals surface area (Å²) in [7, 11) is 0. The van der Waals surface area contributed by atoms with E-state index in [2.05, 4.69) is 89.7 Å². The minimum Gasteiger partial charge on any atom is -0.310 e. The van der Waals surface area contributed by atoms with Crippen LogP contribution in [0.2, 0.25) is 0 Å². The van der Waals surface area contributed by atoms with Crippen LogP contribution in [0.5, 0.6) is 0 Å². The van der Waals surface area contributed by atoms with Crippen LogP contribution in [-0.4, -0.2) is 67.0 Å². The number of hydrogen-bond acceptors (Lipinski definition) is 7. The van der Waals surface area contributed by atoms with E-state index in [-0.39, 0.29) is 12.3 Å². The van der Waals surface area contributed by atoms with Crippen LogP contribution in [-0.2, 0) is 0 Å². The second kappa shape index (κ2) is 9.97. The van der Waals surface area contributed by atoms with Gasteiger partial charge in [0, 0.05) is 30.6 Å². The molecule has 7 heteroatoms. The van der Waals surface area contributed by atoms with E-state index in [9.17, 15) is 0 Å². The Morgan fingerprint density at radius 2 is 1.24 bits per heavy atom. The third kappa shape index (κ3) is 4.69. The fourth-order valence-electron chi connectivity index (χ4n) is 6.43. The van der Waals surface area contributed by atoms with Gasteiger partial charge in [0.05, 0.1) is 22.6 Å². The third-order valence-corrected chi connectivity index (χ3v) is 8.62. The molecule has 38 heavy (non-hydrogen) atoms. The molecule has 2 fully saturated rings. The van der Waals surface area contributed by atoms with Gasteiger partial charge in [-0.05, 0) is 72.7 Å². The number of aliphatic imine (C=N–C) groups is 2. The van der Waals surface area contributed by atoms with Gasteiger partial charge in [-0.15, -0.1) is 0 Å². The van der Waals surface area contributed by atoms with Crippen molar-refractivity contribution in [1.29, 1.82) is 0 Å². The Morgan fingerprint density at radius 1 is 0.632 bits per heavy atom. The predicted octanol–water partition coefficient (Wildman–Crippen LogP) is 3.33. The molecule has 196 valence electrons. The van der Waals surface area contributed by atoms with E-state index in [0.717, 1.165) is 60.1 Å². The second-order valence-electron chi connectivity index (χ2n) is 11.7. The van der Waals surface area contributed by atoms with E-state index in [4.69, 9.17) is 15.0 Å². The quantitative estimate of drug-likeness (QED) is 0.426. The zero-order chi connectivity index (χ0) is 25.6. The topological polar surface area (TPSA) is 85.7 Å². The van der Waals surface area contributed by atoms with Crippen molar-refractivity contribution < 1.29 is 0 Å². The van der Waals surface area contributed by atoms with Gasteiger partial charge >= 0.3 is 0 Å². The van der Waals surface area contributed by atoms with Gasteiger partial charge < -0.3 is 10.6 Å². The van der Waals surface area contributed by atoms with Crippen LogP contribution in [0.25, 0.3) is 22.0 Å². The Morgan fingerprint density at radius 3 is 1.89 bits per heavy atom.